The first-order valence-corrected chi connectivity index (χ1v) is 7.05. The molecule has 0 aliphatic carbocycles. The second-order valence-corrected chi connectivity index (χ2v) is 4.76. The Kier molecular flexibility index (Phi) is 9.58. The van der Waals surface area contributed by atoms with E-state index in [0.717, 1.165) is 0 Å². The van der Waals surface area contributed by atoms with Crippen LogP contribution in [0.5, 0.6) is 0 Å². The fourth-order valence-electron chi connectivity index (χ4n) is 1.12. The molecule has 4 atom stereocenters. The maximum atomic E-state index is 11.6. The third-order valence-electron chi connectivity index (χ3n) is 2.68. The summed E-state index contributed by atoms with van der Waals surface area (Å²) in [7, 11) is 1.31. The van der Waals surface area contributed by atoms with Crippen molar-refractivity contribution in [2.24, 2.45) is 0 Å². The smallest absolute Gasteiger partial charge is 0.350 e. The molecule has 0 unspecified atom stereocenters. The number of ether oxygens (including phenoxy) is 5. The van der Waals surface area contributed by atoms with Gasteiger partial charge in [0.1, 0.15) is 6.10 Å². The predicted octanol–water partition coefficient (Wildman–Crippen LogP) is -0.691. The summed E-state index contributed by atoms with van der Waals surface area (Å²) in [4.78, 5) is 45.5. The standard InChI is InChI=1S/C14H22O10/c1-7(15)11(16)23-9(3)12(17)21-6-22-13(18)10(4)24-14(19)8(2)20-5/h7-10,15H,6H2,1-5H3/t7-,8-,9-,10-/m1/s1. The second-order valence-electron chi connectivity index (χ2n) is 4.76. The van der Waals surface area contributed by atoms with Crippen LogP contribution in [0.3, 0.4) is 0 Å². The monoisotopic (exact) mass is 350 g/mol. The van der Waals surface area contributed by atoms with E-state index >= 15 is 0 Å². The molecule has 10 nitrogen and oxygen atoms in total. The lowest BCUT2D eigenvalue weighted by molar-refractivity contribution is -0.187. The molecule has 0 amide bonds. The van der Waals surface area contributed by atoms with Crippen LogP contribution in [0, 0.1) is 0 Å². The Bertz CT molecular complexity index is 458. The van der Waals surface area contributed by atoms with Crippen molar-refractivity contribution in [1.29, 1.82) is 0 Å². The van der Waals surface area contributed by atoms with Crippen molar-refractivity contribution in [2.75, 3.05) is 13.9 Å². The lowest BCUT2D eigenvalue weighted by Gasteiger charge is -2.16. The Morgan fingerprint density at radius 3 is 1.54 bits per heavy atom. The van der Waals surface area contributed by atoms with Gasteiger partial charge in [0, 0.05) is 7.11 Å². The van der Waals surface area contributed by atoms with E-state index in [1.165, 1.54) is 34.8 Å². The molecule has 0 rings (SSSR count). The molecule has 0 aromatic carbocycles. The maximum Gasteiger partial charge on any atom is 0.350 e. The molecule has 0 bridgehead atoms. The van der Waals surface area contributed by atoms with Crippen molar-refractivity contribution < 1.29 is 48.0 Å². The summed E-state index contributed by atoms with van der Waals surface area (Å²) < 4.78 is 23.3. The van der Waals surface area contributed by atoms with Crippen LogP contribution >= 0.6 is 0 Å². The van der Waals surface area contributed by atoms with Gasteiger partial charge in [-0.25, -0.2) is 19.2 Å². The highest BCUT2D eigenvalue weighted by atomic mass is 16.7. The Morgan fingerprint density at radius 2 is 1.17 bits per heavy atom. The van der Waals surface area contributed by atoms with Crippen molar-refractivity contribution in [3.05, 3.63) is 0 Å². The van der Waals surface area contributed by atoms with Crippen molar-refractivity contribution in [3.63, 3.8) is 0 Å². The molecule has 0 fully saturated rings. The topological polar surface area (TPSA) is 135 Å². The molecule has 0 saturated heterocycles. The molecule has 0 radical (unpaired) electrons. The van der Waals surface area contributed by atoms with Crippen LogP contribution in [-0.4, -0.2) is 67.3 Å². The summed E-state index contributed by atoms with van der Waals surface area (Å²) in [5.41, 5.74) is 0. The highest BCUT2D eigenvalue weighted by Gasteiger charge is 2.25. The SMILES string of the molecule is CO[C@H](C)C(=O)O[C@H](C)C(=O)OCOC(=O)[C@@H](C)OC(=O)[C@@H](C)O. The van der Waals surface area contributed by atoms with E-state index in [4.69, 9.17) is 14.6 Å². The van der Waals surface area contributed by atoms with Gasteiger partial charge in [0.15, 0.2) is 18.3 Å². The van der Waals surface area contributed by atoms with E-state index in [2.05, 4.69) is 14.2 Å². The Morgan fingerprint density at radius 1 is 0.750 bits per heavy atom. The first kappa shape index (κ1) is 21.8. The van der Waals surface area contributed by atoms with E-state index in [1.807, 2.05) is 0 Å². The molecular weight excluding hydrogens is 328 g/mol. The minimum atomic E-state index is -1.39. The maximum absolute atomic E-state index is 11.6. The van der Waals surface area contributed by atoms with Crippen LogP contribution in [0.25, 0.3) is 0 Å². The fourth-order valence-corrected chi connectivity index (χ4v) is 1.12. The predicted molar refractivity (Wildman–Crippen MR) is 76.3 cm³/mol. The van der Waals surface area contributed by atoms with Crippen molar-refractivity contribution >= 4 is 23.9 Å². The molecule has 0 aliphatic heterocycles. The molecule has 0 aromatic rings. The van der Waals surface area contributed by atoms with Crippen molar-refractivity contribution in [1.82, 2.24) is 0 Å². The number of methoxy groups -OCH3 is 1. The normalized spacial score (nSPS) is 15.4. The zero-order valence-electron chi connectivity index (χ0n) is 14.1. The van der Waals surface area contributed by atoms with E-state index < -0.39 is 55.1 Å². The summed E-state index contributed by atoms with van der Waals surface area (Å²) in [5, 5.41) is 8.94. The average Bonchev–Trinajstić information content (AvgIpc) is 2.52. The van der Waals surface area contributed by atoms with Gasteiger partial charge in [-0.2, -0.15) is 0 Å². The number of hydrogen-bond acceptors (Lipinski definition) is 10. The van der Waals surface area contributed by atoms with Gasteiger partial charge in [-0.1, -0.05) is 0 Å². The number of aliphatic hydroxyl groups is 1. The van der Waals surface area contributed by atoms with Gasteiger partial charge in [-0.05, 0) is 27.7 Å². The van der Waals surface area contributed by atoms with Crippen LogP contribution in [0.4, 0.5) is 0 Å². The van der Waals surface area contributed by atoms with Gasteiger partial charge in [-0.3, -0.25) is 0 Å². The van der Waals surface area contributed by atoms with Crippen LogP contribution < -0.4 is 0 Å². The zero-order valence-corrected chi connectivity index (χ0v) is 14.1. The van der Waals surface area contributed by atoms with Crippen LogP contribution in [0.1, 0.15) is 27.7 Å². The van der Waals surface area contributed by atoms with Crippen molar-refractivity contribution in [2.45, 2.75) is 52.1 Å². The van der Waals surface area contributed by atoms with E-state index in [1.54, 1.807) is 0 Å². The molecule has 0 spiro atoms. The number of carbonyl (C=O) groups is 4. The molecule has 138 valence electrons. The molecule has 24 heavy (non-hydrogen) atoms. The lowest BCUT2D eigenvalue weighted by atomic mass is 10.4. The summed E-state index contributed by atoms with van der Waals surface area (Å²) in [6, 6.07) is 0. The van der Waals surface area contributed by atoms with Gasteiger partial charge in [0.2, 0.25) is 6.79 Å². The fraction of sp³-hybridized carbons (Fsp3) is 0.714. The summed E-state index contributed by atoms with van der Waals surface area (Å²) in [6.07, 6.45) is -4.74. The quantitative estimate of drug-likeness (QED) is 0.323. The van der Waals surface area contributed by atoms with Gasteiger partial charge >= 0.3 is 23.9 Å². The first-order chi connectivity index (χ1) is 11.1. The lowest BCUT2D eigenvalue weighted by Crippen LogP contribution is -2.33. The average molecular weight is 350 g/mol. The number of esters is 4. The Balaban J connectivity index is 4.17. The van der Waals surface area contributed by atoms with Gasteiger partial charge in [0.05, 0.1) is 0 Å². The van der Waals surface area contributed by atoms with Gasteiger partial charge in [0.25, 0.3) is 0 Å². The third-order valence-corrected chi connectivity index (χ3v) is 2.68. The van der Waals surface area contributed by atoms with Crippen LogP contribution in [0.2, 0.25) is 0 Å². The van der Waals surface area contributed by atoms with E-state index in [-0.39, 0.29) is 0 Å². The van der Waals surface area contributed by atoms with Gasteiger partial charge in [-0.15, -0.1) is 0 Å². The third kappa shape index (κ3) is 7.88. The highest BCUT2D eigenvalue weighted by molar-refractivity contribution is 5.82. The number of carbonyl (C=O) groups excluding carboxylic acids is 4. The van der Waals surface area contributed by atoms with Crippen LogP contribution in [-0.2, 0) is 42.9 Å². The molecule has 1 N–H and O–H groups in total. The Labute approximate surface area is 138 Å². The summed E-state index contributed by atoms with van der Waals surface area (Å²) in [5.74, 6) is -3.66. The Hall–Kier alpha value is -2.20. The number of rotatable bonds is 9. The van der Waals surface area contributed by atoms with E-state index in [0.29, 0.717) is 0 Å². The minimum absolute atomic E-state index is 0.752. The molecule has 0 saturated carbocycles. The summed E-state index contributed by atoms with van der Waals surface area (Å²) >= 11 is 0. The second kappa shape index (κ2) is 10.6. The minimum Gasteiger partial charge on any atom is -0.449 e. The number of hydrogen-bond donors (Lipinski definition) is 1. The first-order valence-electron chi connectivity index (χ1n) is 7.05. The molecule has 0 heterocycles. The van der Waals surface area contributed by atoms with Gasteiger partial charge < -0.3 is 28.8 Å². The van der Waals surface area contributed by atoms with Crippen LogP contribution in [0.15, 0.2) is 0 Å². The molecular formula is C14H22O10. The van der Waals surface area contributed by atoms with Crippen molar-refractivity contribution in [3.8, 4) is 0 Å². The molecule has 0 aromatic heterocycles. The molecule has 10 heteroatoms. The number of aliphatic hydroxyl groups excluding tert-OH is 1. The van der Waals surface area contributed by atoms with E-state index in [9.17, 15) is 19.2 Å². The summed E-state index contributed by atoms with van der Waals surface area (Å²) in [6.45, 7) is 4.36. The zero-order chi connectivity index (χ0) is 18.9. The molecule has 0 aliphatic rings. The largest absolute Gasteiger partial charge is 0.449 e. The highest BCUT2D eigenvalue weighted by Crippen LogP contribution is 2.02.